The highest BCUT2D eigenvalue weighted by Crippen LogP contribution is 2.29. The fourth-order valence-corrected chi connectivity index (χ4v) is 4.38. The number of carbonyl (C=O) groups excluding carboxylic acids is 2. The first-order valence-electron chi connectivity index (χ1n) is 9.10. The van der Waals surface area contributed by atoms with Crippen LogP contribution in [-0.4, -0.2) is 50.1 Å². The molecule has 3 aliphatic rings. The van der Waals surface area contributed by atoms with Crippen molar-refractivity contribution in [1.29, 1.82) is 0 Å². The second-order valence-electron chi connectivity index (χ2n) is 7.40. The normalized spacial score (nSPS) is 27.5. The van der Waals surface area contributed by atoms with Gasteiger partial charge < -0.3 is 14.8 Å². The molecule has 0 aromatic carbocycles. The number of hydrogen-bond acceptors (Lipinski definition) is 4. The van der Waals surface area contributed by atoms with E-state index in [0.717, 1.165) is 43.9 Å². The largest absolute Gasteiger partial charge is 0.351 e. The third-order valence-electron chi connectivity index (χ3n) is 5.77. The van der Waals surface area contributed by atoms with E-state index in [4.69, 9.17) is 0 Å². The second kappa shape index (κ2) is 6.18. The number of aromatic nitrogens is 3. The van der Waals surface area contributed by atoms with Crippen molar-refractivity contribution in [3.05, 3.63) is 11.6 Å². The Hall–Kier alpha value is -1.92. The summed E-state index contributed by atoms with van der Waals surface area (Å²) in [6.45, 7) is 3.27. The molecule has 7 nitrogen and oxygen atoms in total. The van der Waals surface area contributed by atoms with E-state index in [-0.39, 0.29) is 23.8 Å². The molecule has 1 saturated heterocycles. The molecule has 1 saturated carbocycles. The van der Waals surface area contributed by atoms with Crippen LogP contribution in [0.5, 0.6) is 0 Å². The van der Waals surface area contributed by atoms with Crippen LogP contribution in [0.15, 0.2) is 0 Å². The lowest BCUT2D eigenvalue weighted by Crippen LogP contribution is -2.44. The summed E-state index contributed by atoms with van der Waals surface area (Å²) in [5, 5.41) is 11.4. The number of carbonyl (C=O) groups is 2. The second-order valence-corrected chi connectivity index (χ2v) is 7.40. The first kappa shape index (κ1) is 15.6. The summed E-state index contributed by atoms with van der Waals surface area (Å²) < 4.78 is 2.08. The Morgan fingerprint density at radius 1 is 1.17 bits per heavy atom. The molecule has 0 spiro atoms. The Morgan fingerprint density at radius 3 is 2.75 bits per heavy atom. The molecule has 2 fully saturated rings. The van der Waals surface area contributed by atoms with Gasteiger partial charge in [0.1, 0.15) is 11.6 Å². The van der Waals surface area contributed by atoms with Crippen molar-refractivity contribution in [1.82, 2.24) is 25.0 Å². The molecule has 24 heavy (non-hydrogen) atoms. The van der Waals surface area contributed by atoms with Crippen LogP contribution < -0.4 is 5.32 Å². The first-order chi connectivity index (χ1) is 11.6. The standard InChI is InChI=1S/C17H25N5O2/c1-11-19-20-15-7-6-13(10-21(11)15)18-17(24)12-8-16(23)22(9-12)14-4-2-3-5-14/h12-14H,2-10H2,1H3,(H,18,24)/t12-,13-/m1/s1. The van der Waals surface area contributed by atoms with Crippen LogP contribution in [-0.2, 0) is 22.6 Å². The van der Waals surface area contributed by atoms with Crippen LogP contribution in [0.1, 0.15) is 50.2 Å². The summed E-state index contributed by atoms with van der Waals surface area (Å²) in [5.74, 6) is 1.89. The fourth-order valence-electron chi connectivity index (χ4n) is 4.38. The number of rotatable bonds is 3. The van der Waals surface area contributed by atoms with Gasteiger partial charge in [0.05, 0.1) is 5.92 Å². The molecule has 7 heteroatoms. The first-order valence-corrected chi connectivity index (χ1v) is 9.10. The SMILES string of the molecule is Cc1nnc2n1C[C@H](NC(=O)[C@@H]1CC(=O)N(C3CCCC3)C1)CC2. The predicted molar refractivity (Wildman–Crippen MR) is 87.1 cm³/mol. The molecule has 0 radical (unpaired) electrons. The smallest absolute Gasteiger partial charge is 0.225 e. The van der Waals surface area contributed by atoms with Gasteiger partial charge in [-0.15, -0.1) is 10.2 Å². The zero-order valence-electron chi connectivity index (χ0n) is 14.2. The number of hydrogen-bond donors (Lipinski definition) is 1. The number of likely N-dealkylation sites (tertiary alicyclic amines) is 1. The van der Waals surface area contributed by atoms with E-state index in [1.807, 2.05) is 11.8 Å². The van der Waals surface area contributed by atoms with E-state index in [9.17, 15) is 9.59 Å². The summed E-state index contributed by atoms with van der Waals surface area (Å²) in [4.78, 5) is 26.8. The van der Waals surface area contributed by atoms with Gasteiger partial charge in [-0.2, -0.15) is 0 Å². The molecule has 2 aliphatic heterocycles. The van der Waals surface area contributed by atoms with Crippen molar-refractivity contribution in [2.24, 2.45) is 5.92 Å². The molecule has 2 atom stereocenters. The Kier molecular flexibility index (Phi) is 4.02. The lowest BCUT2D eigenvalue weighted by atomic mass is 10.0. The van der Waals surface area contributed by atoms with Crippen molar-refractivity contribution >= 4 is 11.8 Å². The van der Waals surface area contributed by atoms with Crippen molar-refractivity contribution in [3.63, 3.8) is 0 Å². The summed E-state index contributed by atoms with van der Waals surface area (Å²) in [7, 11) is 0. The maximum absolute atomic E-state index is 12.6. The van der Waals surface area contributed by atoms with Crippen molar-refractivity contribution in [3.8, 4) is 0 Å². The Labute approximate surface area is 141 Å². The molecule has 2 amide bonds. The van der Waals surface area contributed by atoms with E-state index in [2.05, 4.69) is 20.1 Å². The van der Waals surface area contributed by atoms with Crippen molar-refractivity contribution < 1.29 is 9.59 Å². The van der Waals surface area contributed by atoms with Crippen molar-refractivity contribution in [2.75, 3.05) is 6.54 Å². The minimum Gasteiger partial charge on any atom is -0.351 e. The van der Waals surface area contributed by atoms with Crippen LogP contribution in [0.25, 0.3) is 0 Å². The maximum Gasteiger partial charge on any atom is 0.225 e. The molecular weight excluding hydrogens is 306 g/mol. The van der Waals surface area contributed by atoms with Gasteiger partial charge in [0.15, 0.2) is 0 Å². The molecule has 4 rings (SSSR count). The quantitative estimate of drug-likeness (QED) is 0.889. The molecule has 130 valence electrons. The van der Waals surface area contributed by atoms with Crippen LogP contribution in [0, 0.1) is 12.8 Å². The Bertz CT molecular complexity index is 649. The predicted octanol–water partition coefficient (Wildman–Crippen LogP) is 0.809. The lowest BCUT2D eigenvalue weighted by Gasteiger charge is -2.27. The van der Waals surface area contributed by atoms with E-state index in [0.29, 0.717) is 19.0 Å². The summed E-state index contributed by atoms with van der Waals surface area (Å²) in [5.41, 5.74) is 0. The van der Waals surface area contributed by atoms with Gasteiger partial charge in [0.2, 0.25) is 11.8 Å². The number of amides is 2. The zero-order chi connectivity index (χ0) is 16.7. The lowest BCUT2D eigenvalue weighted by molar-refractivity contribution is -0.130. The molecule has 3 heterocycles. The topological polar surface area (TPSA) is 80.1 Å². The highest BCUT2D eigenvalue weighted by Gasteiger charge is 2.39. The summed E-state index contributed by atoms with van der Waals surface area (Å²) in [6.07, 6.45) is 6.69. The van der Waals surface area contributed by atoms with Crippen LogP contribution in [0.3, 0.4) is 0 Å². The van der Waals surface area contributed by atoms with Gasteiger partial charge in [-0.25, -0.2) is 0 Å². The third-order valence-corrected chi connectivity index (χ3v) is 5.77. The summed E-state index contributed by atoms with van der Waals surface area (Å²) >= 11 is 0. The highest BCUT2D eigenvalue weighted by atomic mass is 16.2. The summed E-state index contributed by atoms with van der Waals surface area (Å²) in [6, 6.07) is 0.475. The molecule has 1 aliphatic carbocycles. The van der Waals surface area contributed by atoms with Gasteiger partial charge in [0.25, 0.3) is 0 Å². The molecule has 1 aromatic heterocycles. The van der Waals surface area contributed by atoms with Crippen LogP contribution >= 0.6 is 0 Å². The van der Waals surface area contributed by atoms with E-state index in [1.54, 1.807) is 0 Å². The molecule has 1 aromatic rings. The monoisotopic (exact) mass is 331 g/mol. The molecule has 0 unspecified atom stereocenters. The Morgan fingerprint density at radius 2 is 1.96 bits per heavy atom. The van der Waals surface area contributed by atoms with E-state index < -0.39 is 0 Å². The molecule has 1 N–H and O–H groups in total. The number of aryl methyl sites for hydroxylation is 2. The fraction of sp³-hybridized carbons (Fsp3) is 0.765. The Balaban J connectivity index is 1.35. The molecular formula is C17H25N5O2. The highest BCUT2D eigenvalue weighted by molar-refractivity contribution is 5.89. The molecule has 0 bridgehead atoms. The van der Waals surface area contributed by atoms with Crippen molar-refractivity contribution in [2.45, 2.75) is 70.5 Å². The number of fused-ring (bicyclic) bond motifs is 1. The number of nitrogens with one attached hydrogen (secondary N) is 1. The van der Waals surface area contributed by atoms with Gasteiger partial charge in [-0.3, -0.25) is 9.59 Å². The van der Waals surface area contributed by atoms with Gasteiger partial charge in [-0.05, 0) is 26.2 Å². The van der Waals surface area contributed by atoms with E-state index >= 15 is 0 Å². The third kappa shape index (κ3) is 2.80. The van der Waals surface area contributed by atoms with Gasteiger partial charge >= 0.3 is 0 Å². The minimum absolute atomic E-state index is 0.0306. The van der Waals surface area contributed by atoms with E-state index in [1.165, 1.54) is 12.8 Å². The van der Waals surface area contributed by atoms with Gasteiger partial charge in [-0.1, -0.05) is 12.8 Å². The number of nitrogens with zero attached hydrogens (tertiary/aromatic N) is 4. The van der Waals surface area contributed by atoms with Gasteiger partial charge in [0, 0.05) is 38.0 Å². The van der Waals surface area contributed by atoms with Crippen LogP contribution in [0.2, 0.25) is 0 Å². The zero-order valence-corrected chi connectivity index (χ0v) is 14.2. The average Bonchev–Trinajstić information content (AvgIpc) is 3.28. The average molecular weight is 331 g/mol. The van der Waals surface area contributed by atoms with Crippen LogP contribution in [0.4, 0.5) is 0 Å². The minimum atomic E-state index is -0.193. The maximum atomic E-state index is 12.6.